The summed E-state index contributed by atoms with van der Waals surface area (Å²) in [4.78, 5) is 19.4. The molecule has 4 rings (SSSR count). The molecule has 1 aromatic carbocycles. The number of hydrogen-bond acceptors (Lipinski definition) is 8. The number of aromatic amines is 1. The summed E-state index contributed by atoms with van der Waals surface area (Å²) in [6.07, 6.45) is 4.07. The predicted molar refractivity (Wildman–Crippen MR) is 104 cm³/mol. The summed E-state index contributed by atoms with van der Waals surface area (Å²) in [6.45, 7) is 0. The van der Waals surface area contributed by atoms with E-state index in [0.717, 1.165) is 19.4 Å². The maximum atomic E-state index is 10.6. The number of anilines is 4. The number of rotatable bonds is 8. The van der Waals surface area contributed by atoms with E-state index in [9.17, 15) is 4.91 Å². The number of halogens is 2. The SMILES string of the molecule is COc1cc(Nc2ncc(Br)c(Nc3cc(C4CC4)[nH]n3)n2)cc([I-]N=O)c1. The van der Waals surface area contributed by atoms with Gasteiger partial charge in [0.05, 0.1) is 0 Å². The second-order valence-electron chi connectivity index (χ2n) is 6.16. The minimum atomic E-state index is -0.953. The molecule has 0 bridgehead atoms. The maximum absolute atomic E-state index is 10.6. The van der Waals surface area contributed by atoms with E-state index < -0.39 is 21.5 Å². The van der Waals surface area contributed by atoms with Crippen molar-refractivity contribution in [3.05, 3.63) is 49.1 Å². The molecular formula is C17H16BrIN7O2-. The Kier molecular flexibility index (Phi) is 5.71. The molecule has 0 saturated heterocycles. The van der Waals surface area contributed by atoms with Gasteiger partial charge in [-0.05, 0) is 12.8 Å². The first-order valence-electron chi connectivity index (χ1n) is 8.42. The molecule has 0 amide bonds. The van der Waals surface area contributed by atoms with E-state index in [4.69, 9.17) is 4.74 Å². The van der Waals surface area contributed by atoms with Gasteiger partial charge in [0.25, 0.3) is 0 Å². The van der Waals surface area contributed by atoms with Crippen molar-refractivity contribution in [1.82, 2.24) is 20.2 Å². The van der Waals surface area contributed by atoms with Crippen LogP contribution in [-0.4, -0.2) is 27.3 Å². The monoisotopic (exact) mass is 556 g/mol. The van der Waals surface area contributed by atoms with Crippen LogP contribution in [0, 0.1) is 8.48 Å². The van der Waals surface area contributed by atoms with Crippen LogP contribution in [0.3, 0.4) is 0 Å². The average molecular weight is 557 g/mol. The van der Waals surface area contributed by atoms with E-state index in [1.54, 1.807) is 13.3 Å². The standard InChI is InChI=1S/C17H16BrIN7O2/c1-28-12-5-10(19-26-27)4-11(6-12)21-17-20-8-13(18)16(23-17)22-15-7-14(24-25-15)9-2-3-9/h4-9H,2-3H2,1H3,(H3,20,21,22,23,24,25)/q-1. The van der Waals surface area contributed by atoms with Crippen molar-refractivity contribution in [3.8, 4) is 5.75 Å². The number of ether oxygens (including phenoxy) is 1. The van der Waals surface area contributed by atoms with E-state index in [-0.39, 0.29) is 0 Å². The number of benzene rings is 1. The molecule has 3 N–H and O–H groups in total. The Labute approximate surface area is 179 Å². The summed E-state index contributed by atoms with van der Waals surface area (Å²) in [6, 6.07) is 7.48. The average Bonchev–Trinajstić information content (AvgIpc) is 3.44. The van der Waals surface area contributed by atoms with Gasteiger partial charge in [0.1, 0.15) is 0 Å². The summed E-state index contributed by atoms with van der Waals surface area (Å²) < 4.78 is 9.89. The van der Waals surface area contributed by atoms with E-state index in [1.165, 1.54) is 12.8 Å². The molecule has 1 saturated carbocycles. The van der Waals surface area contributed by atoms with Crippen molar-refractivity contribution in [3.63, 3.8) is 0 Å². The van der Waals surface area contributed by atoms with Crippen LogP contribution in [0.15, 0.2) is 38.3 Å². The molecule has 2 heterocycles. The molecule has 0 radical (unpaired) electrons. The van der Waals surface area contributed by atoms with Gasteiger partial charge in [-0.1, -0.05) is 0 Å². The molecule has 3 aromatic rings. The first-order valence-corrected chi connectivity index (χ1v) is 11.3. The third-order valence-corrected chi connectivity index (χ3v) is 6.06. The van der Waals surface area contributed by atoms with Gasteiger partial charge >= 0.3 is 167 Å². The molecule has 1 aliphatic carbocycles. The second-order valence-corrected chi connectivity index (χ2v) is 9.13. The van der Waals surface area contributed by atoms with Crippen molar-refractivity contribution in [2.45, 2.75) is 18.8 Å². The molecule has 0 aliphatic heterocycles. The second kappa shape index (κ2) is 8.39. The Morgan fingerprint density at radius 2 is 2.14 bits per heavy atom. The van der Waals surface area contributed by atoms with Crippen LogP contribution in [0.1, 0.15) is 24.5 Å². The number of nitrogens with zero attached hydrogens (tertiary/aromatic N) is 4. The first-order chi connectivity index (χ1) is 13.6. The number of nitrogens with one attached hydrogen (secondary N) is 3. The van der Waals surface area contributed by atoms with Gasteiger partial charge in [0, 0.05) is 0 Å². The van der Waals surface area contributed by atoms with Gasteiger partial charge in [-0.3, -0.25) is 0 Å². The molecule has 146 valence electrons. The topological polar surface area (TPSA) is 117 Å². The van der Waals surface area contributed by atoms with Crippen molar-refractivity contribution >= 4 is 39.2 Å². The van der Waals surface area contributed by atoms with Crippen LogP contribution in [0.5, 0.6) is 5.75 Å². The van der Waals surface area contributed by atoms with Gasteiger partial charge in [-0.25, -0.2) is 0 Å². The van der Waals surface area contributed by atoms with Crippen LogP contribution in [-0.2, 0) is 0 Å². The van der Waals surface area contributed by atoms with Gasteiger partial charge in [-0.15, -0.1) is 0 Å². The fourth-order valence-electron chi connectivity index (χ4n) is 2.61. The zero-order valence-corrected chi connectivity index (χ0v) is 18.5. The Morgan fingerprint density at radius 3 is 2.89 bits per heavy atom. The van der Waals surface area contributed by atoms with Crippen LogP contribution in [0.25, 0.3) is 0 Å². The van der Waals surface area contributed by atoms with Gasteiger partial charge in [-0.2, -0.15) is 0 Å². The Morgan fingerprint density at radius 1 is 1.29 bits per heavy atom. The van der Waals surface area contributed by atoms with Gasteiger partial charge in [0.15, 0.2) is 0 Å². The zero-order chi connectivity index (χ0) is 19.5. The van der Waals surface area contributed by atoms with E-state index >= 15 is 0 Å². The molecule has 0 spiro atoms. The van der Waals surface area contributed by atoms with Crippen LogP contribution in [0.4, 0.5) is 23.3 Å². The molecule has 28 heavy (non-hydrogen) atoms. The summed E-state index contributed by atoms with van der Waals surface area (Å²) in [5.41, 5.74) is 1.86. The molecular weight excluding hydrogens is 541 g/mol. The van der Waals surface area contributed by atoms with Crippen LogP contribution >= 0.6 is 15.9 Å². The van der Waals surface area contributed by atoms with Crippen LogP contribution in [0.2, 0.25) is 0 Å². The molecule has 1 fully saturated rings. The number of aromatic nitrogens is 4. The predicted octanol–water partition coefficient (Wildman–Crippen LogP) is 1.28. The first kappa shape index (κ1) is 19.1. The number of methoxy groups -OCH3 is 1. The number of nitroso groups, excluding NO2 is 1. The fourth-order valence-corrected chi connectivity index (χ4v) is 4.05. The Hall–Kier alpha value is -2.28. The molecule has 9 nitrogen and oxygen atoms in total. The molecule has 11 heteroatoms. The summed E-state index contributed by atoms with van der Waals surface area (Å²) in [5.74, 6) is 2.94. The summed E-state index contributed by atoms with van der Waals surface area (Å²) in [7, 11) is 1.58. The van der Waals surface area contributed by atoms with Crippen molar-refractivity contribution in [1.29, 1.82) is 0 Å². The van der Waals surface area contributed by atoms with Gasteiger partial charge < -0.3 is 0 Å². The van der Waals surface area contributed by atoms with Gasteiger partial charge in [0.2, 0.25) is 0 Å². The Bertz CT molecular complexity index is 1010. The van der Waals surface area contributed by atoms with Crippen molar-refractivity contribution < 1.29 is 26.2 Å². The normalized spacial score (nSPS) is 13.4. The van der Waals surface area contributed by atoms with Crippen LogP contribution < -0.4 is 36.8 Å². The third kappa shape index (κ3) is 4.58. The Balaban J connectivity index is 1.54. The van der Waals surface area contributed by atoms with Crippen molar-refractivity contribution in [2.75, 3.05) is 17.7 Å². The number of hydrogen-bond donors (Lipinski definition) is 3. The summed E-state index contributed by atoms with van der Waals surface area (Å²) in [5, 5.41) is 13.7. The molecule has 0 atom stereocenters. The van der Waals surface area contributed by atoms with Crippen molar-refractivity contribution in [2.24, 2.45) is 3.39 Å². The van der Waals surface area contributed by atoms with E-state index in [1.807, 2.05) is 24.3 Å². The number of H-pyrrole nitrogens is 1. The summed E-state index contributed by atoms with van der Waals surface area (Å²) >= 11 is 2.51. The molecule has 1 aliphatic rings. The molecule has 0 unspecified atom stereocenters. The quantitative estimate of drug-likeness (QED) is 0.282. The van der Waals surface area contributed by atoms with E-state index in [2.05, 4.69) is 50.1 Å². The third-order valence-electron chi connectivity index (χ3n) is 4.10. The molecule has 2 aromatic heterocycles. The van der Waals surface area contributed by atoms with E-state index in [0.29, 0.717) is 29.3 Å². The minimum absolute atomic E-state index is 0.403. The fraction of sp³-hybridized carbons (Fsp3) is 0.235. The zero-order valence-electron chi connectivity index (χ0n) is 14.7.